The second-order valence-electron chi connectivity index (χ2n) is 5.64. The van der Waals surface area contributed by atoms with Gasteiger partial charge in [-0.1, -0.05) is 13.0 Å². The highest BCUT2D eigenvalue weighted by atomic mass is 19.2. The highest BCUT2D eigenvalue weighted by molar-refractivity contribution is 5.22. The van der Waals surface area contributed by atoms with Gasteiger partial charge in [-0.15, -0.1) is 0 Å². The van der Waals surface area contributed by atoms with Crippen LogP contribution in [0.1, 0.15) is 24.6 Å². The highest BCUT2D eigenvalue weighted by Crippen LogP contribution is 2.30. The molecule has 2 aromatic rings. The molecule has 0 aliphatic carbocycles. The number of nitrogens with zero attached hydrogens (tertiary/aromatic N) is 2. The summed E-state index contributed by atoms with van der Waals surface area (Å²) in [5.41, 5.74) is 1.92. The zero-order valence-corrected chi connectivity index (χ0v) is 11.4. The summed E-state index contributed by atoms with van der Waals surface area (Å²) in [6.45, 7) is 4.61. The fourth-order valence-corrected chi connectivity index (χ4v) is 2.82. The van der Waals surface area contributed by atoms with E-state index in [1.54, 1.807) is 12.4 Å². The largest absolute Gasteiger partial charge is 0.330 e. The Labute approximate surface area is 116 Å². The molecule has 1 saturated heterocycles. The molecule has 106 valence electrons. The molecule has 3 nitrogen and oxygen atoms in total. The topological polar surface area (TPSA) is 29.9 Å². The van der Waals surface area contributed by atoms with Crippen LogP contribution in [0.5, 0.6) is 0 Å². The molecule has 0 radical (unpaired) electrons. The van der Waals surface area contributed by atoms with Crippen LogP contribution in [-0.4, -0.2) is 22.6 Å². The molecule has 1 aromatic heterocycles. The maximum atomic E-state index is 13.3. The molecule has 1 unspecified atom stereocenters. The van der Waals surface area contributed by atoms with Gasteiger partial charge in [-0.3, -0.25) is 0 Å². The molecule has 1 aliphatic rings. The molecule has 0 bridgehead atoms. The number of hydrogen-bond acceptors (Lipinski definition) is 2. The van der Waals surface area contributed by atoms with Crippen LogP contribution in [0.25, 0.3) is 0 Å². The van der Waals surface area contributed by atoms with Gasteiger partial charge in [0.25, 0.3) is 0 Å². The average molecular weight is 277 g/mol. The predicted molar refractivity (Wildman–Crippen MR) is 72.5 cm³/mol. The SMILES string of the molecule is CC1(c2cncn2Cc2ccc(F)c(F)c2)CCNC1. The number of aromatic nitrogens is 2. The normalized spacial score (nSPS) is 22.4. The molecular weight excluding hydrogens is 260 g/mol. The number of halogens is 2. The van der Waals surface area contributed by atoms with Crippen molar-refractivity contribution in [3.8, 4) is 0 Å². The van der Waals surface area contributed by atoms with E-state index < -0.39 is 11.6 Å². The van der Waals surface area contributed by atoms with Gasteiger partial charge in [-0.05, 0) is 30.7 Å². The van der Waals surface area contributed by atoms with Crippen molar-refractivity contribution in [1.29, 1.82) is 0 Å². The average Bonchev–Trinajstić information content (AvgIpc) is 3.04. The van der Waals surface area contributed by atoms with E-state index >= 15 is 0 Å². The summed E-state index contributed by atoms with van der Waals surface area (Å²) >= 11 is 0. The number of imidazole rings is 1. The Morgan fingerprint density at radius 1 is 1.35 bits per heavy atom. The second-order valence-corrected chi connectivity index (χ2v) is 5.64. The fraction of sp³-hybridized carbons (Fsp3) is 0.400. The minimum Gasteiger partial charge on any atom is -0.330 e. The third kappa shape index (κ3) is 2.33. The van der Waals surface area contributed by atoms with Crippen molar-refractivity contribution in [1.82, 2.24) is 14.9 Å². The molecular formula is C15H17F2N3. The summed E-state index contributed by atoms with van der Waals surface area (Å²) in [6.07, 6.45) is 4.67. The number of rotatable bonds is 3. The zero-order valence-electron chi connectivity index (χ0n) is 11.4. The van der Waals surface area contributed by atoms with Gasteiger partial charge in [-0.2, -0.15) is 0 Å². The minimum absolute atomic E-state index is 0.0507. The molecule has 1 aliphatic heterocycles. The van der Waals surface area contributed by atoms with Crippen LogP contribution in [0.3, 0.4) is 0 Å². The van der Waals surface area contributed by atoms with Crippen LogP contribution >= 0.6 is 0 Å². The Bertz CT molecular complexity index is 615. The number of benzene rings is 1. The van der Waals surface area contributed by atoms with Crippen LogP contribution in [0, 0.1) is 11.6 Å². The first-order valence-corrected chi connectivity index (χ1v) is 6.74. The Balaban J connectivity index is 1.88. The van der Waals surface area contributed by atoms with Gasteiger partial charge in [0.2, 0.25) is 0 Å². The summed E-state index contributed by atoms with van der Waals surface area (Å²) in [5, 5.41) is 3.36. The van der Waals surface area contributed by atoms with E-state index in [0.717, 1.165) is 30.8 Å². The van der Waals surface area contributed by atoms with Crippen molar-refractivity contribution in [3.05, 3.63) is 53.6 Å². The first kappa shape index (κ1) is 13.2. The maximum absolute atomic E-state index is 13.3. The molecule has 0 saturated carbocycles. The predicted octanol–water partition coefficient (Wildman–Crippen LogP) is 2.46. The summed E-state index contributed by atoms with van der Waals surface area (Å²) in [4.78, 5) is 4.22. The van der Waals surface area contributed by atoms with Crippen molar-refractivity contribution in [3.63, 3.8) is 0 Å². The lowest BCUT2D eigenvalue weighted by molar-refractivity contribution is 0.479. The third-order valence-corrected chi connectivity index (χ3v) is 4.04. The van der Waals surface area contributed by atoms with Crippen LogP contribution in [-0.2, 0) is 12.0 Å². The van der Waals surface area contributed by atoms with Gasteiger partial charge in [0.05, 0.1) is 6.33 Å². The number of hydrogen-bond donors (Lipinski definition) is 1. The van der Waals surface area contributed by atoms with E-state index in [1.165, 1.54) is 12.1 Å². The molecule has 3 rings (SSSR count). The van der Waals surface area contributed by atoms with Crippen molar-refractivity contribution in [2.45, 2.75) is 25.3 Å². The molecule has 5 heteroatoms. The van der Waals surface area contributed by atoms with Gasteiger partial charge in [0, 0.05) is 30.4 Å². The van der Waals surface area contributed by atoms with Crippen molar-refractivity contribution >= 4 is 0 Å². The lowest BCUT2D eigenvalue weighted by atomic mass is 9.86. The second kappa shape index (κ2) is 4.98. The fourth-order valence-electron chi connectivity index (χ4n) is 2.82. The minimum atomic E-state index is -0.813. The Morgan fingerprint density at radius 3 is 2.90 bits per heavy atom. The van der Waals surface area contributed by atoms with E-state index in [2.05, 4.69) is 17.2 Å². The van der Waals surface area contributed by atoms with Crippen LogP contribution in [0.2, 0.25) is 0 Å². The van der Waals surface area contributed by atoms with Gasteiger partial charge >= 0.3 is 0 Å². The lowest BCUT2D eigenvalue weighted by Crippen LogP contribution is -2.28. The quantitative estimate of drug-likeness (QED) is 0.934. The Hall–Kier alpha value is -1.75. The molecule has 2 heterocycles. The lowest BCUT2D eigenvalue weighted by Gasteiger charge is -2.24. The maximum Gasteiger partial charge on any atom is 0.159 e. The summed E-state index contributed by atoms with van der Waals surface area (Å²) in [6, 6.07) is 4.02. The molecule has 1 aromatic carbocycles. The summed E-state index contributed by atoms with van der Waals surface area (Å²) in [5.74, 6) is -1.62. The molecule has 0 amide bonds. The van der Waals surface area contributed by atoms with E-state index in [1.807, 2.05) is 10.8 Å². The highest BCUT2D eigenvalue weighted by Gasteiger charge is 2.33. The molecule has 20 heavy (non-hydrogen) atoms. The standard InChI is InChI=1S/C15H17F2N3/c1-15(4-5-18-9-15)14-7-19-10-20(14)8-11-2-3-12(16)13(17)6-11/h2-3,6-7,10,18H,4-5,8-9H2,1H3. The molecule has 1 N–H and O–H groups in total. The van der Waals surface area contributed by atoms with Gasteiger partial charge < -0.3 is 9.88 Å². The summed E-state index contributed by atoms with van der Waals surface area (Å²) < 4.78 is 28.2. The van der Waals surface area contributed by atoms with Crippen molar-refractivity contribution < 1.29 is 8.78 Å². The van der Waals surface area contributed by atoms with Crippen molar-refractivity contribution in [2.24, 2.45) is 0 Å². The number of nitrogens with one attached hydrogen (secondary N) is 1. The molecule has 1 fully saturated rings. The Kier molecular flexibility index (Phi) is 3.30. The van der Waals surface area contributed by atoms with E-state index in [4.69, 9.17) is 0 Å². The third-order valence-electron chi connectivity index (χ3n) is 4.04. The van der Waals surface area contributed by atoms with E-state index in [0.29, 0.717) is 6.54 Å². The van der Waals surface area contributed by atoms with E-state index in [-0.39, 0.29) is 5.41 Å². The summed E-state index contributed by atoms with van der Waals surface area (Å²) in [7, 11) is 0. The van der Waals surface area contributed by atoms with Crippen LogP contribution in [0.15, 0.2) is 30.7 Å². The van der Waals surface area contributed by atoms with Crippen LogP contribution < -0.4 is 5.32 Å². The molecule has 1 atom stereocenters. The van der Waals surface area contributed by atoms with E-state index in [9.17, 15) is 8.78 Å². The molecule has 0 spiro atoms. The Morgan fingerprint density at radius 2 is 2.20 bits per heavy atom. The van der Waals surface area contributed by atoms with Crippen molar-refractivity contribution in [2.75, 3.05) is 13.1 Å². The van der Waals surface area contributed by atoms with Crippen LogP contribution in [0.4, 0.5) is 8.78 Å². The monoisotopic (exact) mass is 277 g/mol. The van der Waals surface area contributed by atoms with Gasteiger partial charge in [0.1, 0.15) is 0 Å². The van der Waals surface area contributed by atoms with Gasteiger partial charge in [0.15, 0.2) is 11.6 Å². The van der Waals surface area contributed by atoms with Gasteiger partial charge in [-0.25, -0.2) is 13.8 Å². The first-order chi connectivity index (χ1) is 9.58. The smallest absolute Gasteiger partial charge is 0.159 e. The first-order valence-electron chi connectivity index (χ1n) is 6.74. The zero-order chi connectivity index (χ0) is 14.2.